The topological polar surface area (TPSA) is 109 Å². The Morgan fingerprint density at radius 2 is 1.89 bits per heavy atom. The smallest absolute Gasteiger partial charge is 0.332 e. The van der Waals surface area contributed by atoms with E-state index >= 15 is 0 Å². The molecule has 2 N–H and O–H groups in total. The summed E-state index contributed by atoms with van der Waals surface area (Å²) in [7, 11) is 4.47. The molecule has 0 aliphatic carbocycles. The molecule has 9 nitrogen and oxygen atoms in total. The van der Waals surface area contributed by atoms with Gasteiger partial charge in [-0.05, 0) is 19.2 Å². The maximum Gasteiger partial charge on any atom is 0.332 e. The van der Waals surface area contributed by atoms with Gasteiger partial charge in [-0.25, -0.2) is 4.79 Å². The van der Waals surface area contributed by atoms with Crippen molar-refractivity contribution in [1.29, 1.82) is 0 Å². The van der Waals surface area contributed by atoms with E-state index in [1.54, 1.807) is 11.9 Å². The Balaban J connectivity index is 1.71. The molecule has 1 aliphatic rings. The number of carbonyl (C=O) groups is 1. The lowest BCUT2D eigenvalue weighted by molar-refractivity contribution is 0.0623. The number of nitrogens with two attached hydrogens (primary N) is 1. The average molecular weight is 374 g/mol. The van der Waals surface area contributed by atoms with Crippen LogP contribution in [0.15, 0.2) is 33.9 Å². The number of Topliss-reactive ketones (excluding diaryl/α,β-unsaturated/α-hetero) is 1. The Bertz CT molecular complexity index is 994. The molecule has 0 unspecified atom stereocenters. The number of benzene rings is 1. The second kappa shape index (κ2) is 7.28. The van der Waals surface area contributed by atoms with Gasteiger partial charge in [-0.3, -0.25) is 23.6 Å². The van der Waals surface area contributed by atoms with Crippen LogP contribution in [-0.2, 0) is 14.1 Å². The lowest BCUT2D eigenvalue weighted by Gasteiger charge is -2.29. The molecule has 0 fully saturated rings. The highest BCUT2D eigenvalue weighted by Crippen LogP contribution is 2.30. The van der Waals surface area contributed by atoms with Crippen LogP contribution in [0.4, 0.5) is 5.82 Å². The van der Waals surface area contributed by atoms with Crippen molar-refractivity contribution in [3.63, 3.8) is 0 Å². The minimum absolute atomic E-state index is 0.0425. The molecule has 0 spiro atoms. The number of nitrogens with zero attached hydrogens (tertiary/aromatic N) is 3. The van der Waals surface area contributed by atoms with Gasteiger partial charge in [0.15, 0.2) is 17.3 Å². The molecule has 2 aromatic rings. The van der Waals surface area contributed by atoms with Crippen LogP contribution in [0.1, 0.15) is 10.4 Å². The molecular formula is C18H22N4O5. The summed E-state index contributed by atoms with van der Waals surface area (Å²) in [6.45, 7) is 0.741. The summed E-state index contributed by atoms with van der Waals surface area (Å²) in [5, 5.41) is 0. The van der Waals surface area contributed by atoms with Crippen LogP contribution in [0.3, 0.4) is 0 Å². The Hall–Kier alpha value is -3.07. The first-order valence-electron chi connectivity index (χ1n) is 8.45. The standard InChI is InChI=1S/C18H22N4O5/c1-20(8-11-10-26-13-6-4-5-7-14(13)27-11)9-12(23)15-16(19)21(2)18(25)22(3)17(15)24/h4-7,11H,8-10,19H2,1-3H3/t11-/m0/s1. The number of rotatable bonds is 5. The van der Waals surface area contributed by atoms with Crippen molar-refractivity contribution in [2.24, 2.45) is 14.1 Å². The Morgan fingerprint density at radius 1 is 1.22 bits per heavy atom. The van der Waals surface area contributed by atoms with Gasteiger partial charge in [-0.2, -0.15) is 0 Å². The van der Waals surface area contributed by atoms with Gasteiger partial charge < -0.3 is 15.2 Å². The van der Waals surface area contributed by atoms with Gasteiger partial charge in [0.1, 0.15) is 24.1 Å². The van der Waals surface area contributed by atoms with E-state index in [2.05, 4.69) is 0 Å². The predicted octanol–water partition coefficient (Wildman–Crippen LogP) is -0.379. The van der Waals surface area contributed by atoms with Crippen molar-refractivity contribution in [2.45, 2.75) is 6.10 Å². The maximum absolute atomic E-state index is 12.6. The quantitative estimate of drug-likeness (QED) is 0.711. The molecule has 1 atom stereocenters. The van der Waals surface area contributed by atoms with Gasteiger partial charge in [-0.15, -0.1) is 0 Å². The number of nitrogen functional groups attached to an aromatic ring is 1. The summed E-state index contributed by atoms with van der Waals surface area (Å²) in [4.78, 5) is 38.5. The highest BCUT2D eigenvalue weighted by atomic mass is 16.6. The first-order chi connectivity index (χ1) is 12.8. The molecular weight excluding hydrogens is 352 g/mol. The van der Waals surface area contributed by atoms with Crippen LogP contribution in [0.25, 0.3) is 0 Å². The Kier molecular flexibility index (Phi) is 5.04. The van der Waals surface area contributed by atoms with Crippen molar-refractivity contribution in [1.82, 2.24) is 14.0 Å². The summed E-state index contributed by atoms with van der Waals surface area (Å²) in [6.07, 6.45) is -0.252. The van der Waals surface area contributed by atoms with Crippen LogP contribution in [-0.4, -0.2) is 52.7 Å². The fraction of sp³-hybridized carbons (Fsp3) is 0.389. The van der Waals surface area contributed by atoms with E-state index in [0.29, 0.717) is 24.7 Å². The number of ether oxygens (including phenoxy) is 2. The molecule has 1 aromatic heterocycles. The van der Waals surface area contributed by atoms with Gasteiger partial charge in [0.2, 0.25) is 0 Å². The number of carbonyl (C=O) groups excluding carboxylic acids is 1. The first kappa shape index (κ1) is 18.7. The number of likely N-dealkylation sites (N-methyl/N-ethyl adjacent to an activating group) is 1. The van der Waals surface area contributed by atoms with Crippen LogP contribution >= 0.6 is 0 Å². The maximum atomic E-state index is 12.6. The minimum Gasteiger partial charge on any atom is -0.486 e. The monoisotopic (exact) mass is 374 g/mol. The number of hydrogen-bond acceptors (Lipinski definition) is 7. The molecule has 0 radical (unpaired) electrons. The lowest BCUT2D eigenvalue weighted by atomic mass is 10.1. The number of aromatic nitrogens is 2. The number of para-hydroxylation sites is 2. The molecule has 0 saturated heterocycles. The Labute approximate surface area is 155 Å². The van der Waals surface area contributed by atoms with E-state index in [4.69, 9.17) is 15.2 Å². The van der Waals surface area contributed by atoms with Crippen molar-refractivity contribution >= 4 is 11.6 Å². The molecule has 2 heterocycles. The molecule has 0 saturated carbocycles. The molecule has 1 aromatic carbocycles. The zero-order valence-corrected chi connectivity index (χ0v) is 15.5. The van der Waals surface area contributed by atoms with Gasteiger partial charge in [0.05, 0.1) is 6.54 Å². The molecule has 1 aliphatic heterocycles. The highest BCUT2D eigenvalue weighted by molar-refractivity contribution is 6.01. The first-order valence-corrected chi connectivity index (χ1v) is 8.45. The number of ketones is 1. The molecule has 9 heteroatoms. The number of anilines is 1. The third kappa shape index (κ3) is 3.59. The van der Waals surface area contributed by atoms with E-state index < -0.39 is 17.0 Å². The Morgan fingerprint density at radius 3 is 2.59 bits per heavy atom. The van der Waals surface area contributed by atoms with E-state index in [1.165, 1.54) is 14.1 Å². The fourth-order valence-electron chi connectivity index (χ4n) is 3.01. The zero-order valence-electron chi connectivity index (χ0n) is 15.5. The van der Waals surface area contributed by atoms with E-state index in [9.17, 15) is 14.4 Å². The van der Waals surface area contributed by atoms with Gasteiger partial charge in [0.25, 0.3) is 5.56 Å². The van der Waals surface area contributed by atoms with Crippen molar-refractivity contribution in [2.75, 3.05) is 32.5 Å². The van der Waals surface area contributed by atoms with Crippen molar-refractivity contribution in [3.05, 3.63) is 50.7 Å². The molecule has 3 rings (SSSR count). The van der Waals surface area contributed by atoms with E-state index in [0.717, 1.165) is 9.13 Å². The second-order valence-corrected chi connectivity index (χ2v) is 6.58. The molecule has 27 heavy (non-hydrogen) atoms. The van der Waals surface area contributed by atoms with Gasteiger partial charge >= 0.3 is 5.69 Å². The zero-order chi connectivity index (χ0) is 19.7. The summed E-state index contributed by atoms with van der Waals surface area (Å²) in [6, 6.07) is 7.38. The predicted molar refractivity (Wildman–Crippen MR) is 99.5 cm³/mol. The summed E-state index contributed by atoms with van der Waals surface area (Å²) < 4.78 is 13.5. The molecule has 144 valence electrons. The lowest BCUT2D eigenvalue weighted by Crippen LogP contribution is -2.44. The molecule has 0 amide bonds. The second-order valence-electron chi connectivity index (χ2n) is 6.58. The normalized spacial score (nSPS) is 15.8. The summed E-state index contributed by atoms with van der Waals surface area (Å²) in [5.74, 6) is 0.759. The third-order valence-corrected chi connectivity index (χ3v) is 4.49. The van der Waals surface area contributed by atoms with Crippen LogP contribution in [0.5, 0.6) is 11.5 Å². The van der Waals surface area contributed by atoms with Crippen LogP contribution < -0.4 is 26.5 Å². The van der Waals surface area contributed by atoms with Crippen LogP contribution in [0, 0.1) is 0 Å². The number of fused-ring (bicyclic) bond motifs is 1. The minimum atomic E-state index is -0.694. The largest absolute Gasteiger partial charge is 0.486 e. The summed E-state index contributed by atoms with van der Waals surface area (Å²) >= 11 is 0. The van der Waals surface area contributed by atoms with Gasteiger partial charge in [0, 0.05) is 20.6 Å². The average Bonchev–Trinajstić information content (AvgIpc) is 2.64. The third-order valence-electron chi connectivity index (χ3n) is 4.49. The van der Waals surface area contributed by atoms with E-state index in [1.807, 2.05) is 24.3 Å². The van der Waals surface area contributed by atoms with Gasteiger partial charge in [-0.1, -0.05) is 12.1 Å². The highest BCUT2D eigenvalue weighted by Gasteiger charge is 2.25. The summed E-state index contributed by atoms with van der Waals surface area (Å²) in [5.41, 5.74) is 4.38. The fourth-order valence-corrected chi connectivity index (χ4v) is 3.01. The number of hydrogen-bond donors (Lipinski definition) is 1. The SMILES string of the molecule is CN(CC(=O)c1c(N)n(C)c(=O)n(C)c1=O)C[C@H]1COc2ccccc2O1. The van der Waals surface area contributed by atoms with Crippen molar-refractivity contribution < 1.29 is 14.3 Å². The van der Waals surface area contributed by atoms with Crippen LogP contribution in [0.2, 0.25) is 0 Å². The molecule has 0 bridgehead atoms. The van der Waals surface area contributed by atoms with Crippen molar-refractivity contribution in [3.8, 4) is 11.5 Å². The van der Waals surface area contributed by atoms with E-state index in [-0.39, 0.29) is 24.0 Å².